The number of aryl methyl sites for hydroxylation is 1. The average molecular weight is 431 g/mol. The Balaban J connectivity index is 2.02. The van der Waals surface area contributed by atoms with E-state index in [1.165, 1.54) is 0 Å². The van der Waals surface area contributed by atoms with E-state index in [2.05, 4.69) is 5.32 Å². The quantitative estimate of drug-likeness (QED) is 0.316. The molecule has 0 radical (unpaired) electrons. The van der Waals surface area contributed by atoms with Crippen LogP contribution in [0.25, 0.3) is 23.0 Å². The van der Waals surface area contributed by atoms with Crippen molar-refractivity contribution in [1.82, 2.24) is 15.1 Å². The molecule has 0 saturated heterocycles. The number of methoxy groups -OCH3 is 2. The van der Waals surface area contributed by atoms with E-state index in [9.17, 15) is 10.1 Å². The fourth-order valence-electron chi connectivity index (χ4n) is 3.27. The monoisotopic (exact) mass is 430 g/mol. The van der Waals surface area contributed by atoms with Gasteiger partial charge in [0.2, 0.25) is 0 Å². The molecule has 1 amide bonds. The number of hydrogen-bond acceptors (Lipinski definition) is 5. The normalized spacial score (nSPS) is 11.1. The van der Waals surface area contributed by atoms with Crippen molar-refractivity contribution in [2.45, 2.75) is 13.3 Å². The summed E-state index contributed by atoms with van der Waals surface area (Å²) in [5, 5.41) is 17.1. The van der Waals surface area contributed by atoms with E-state index in [1.807, 2.05) is 67.7 Å². The third-order valence-electron chi connectivity index (χ3n) is 4.91. The first-order chi connectivity index (χ1) is 15.6. The number of hydrogen-bond donors (Lipinski definition) is 1. The Morgan fingerprint density at radius 2 is 2.00 bits per heavy atom. The van der Waals surface area contributed by atoms with Gasteiger partial charge in [0.15, 0.2) is 0 Å². The number of nitrogens with one attached hydrogen (secondary N) is 1. The SMILES string of the molecule is COCCCNC(=O)/C(C#N)=C\c1cn(-c2ccccc2)nc1-c1ccc(OC)c(C)c1. The van der Waals surface area contributed by atoms with Gasteiger partial charge in [0, 0.05) is 37.6 Å². The second-order valence-electron chi connectivity index (χ2n) is 7.17. The Bertz CT molecular complexity index is 1140. The third kappa shape index (κ3) is 5.42. The van der Waals surface area contributed by atoms with E-state index in [-0.39, 0.29) is 5.57 Å². The molecule has 32 heavy (non-hydrogen) atoms. The lowest BCUT2D eigenvalue weighted by Gasteiger charge is -2.07. The maximum atomic E-state index is 12.5. The Morgan fingerprint density at radius 3 is 2.66 bits per heavy atom. The van der Waals surface area contributed by atoms with Crippen LogP contribution < -0.4 is 10.1 Å². The number of nitriles is 1. The van der Waals surface area contributed by atoms with Crippen LogP contribution in [0.2, 0.25) is 0 Å². The van der Waals surface area contributed by atoms with Crippen LogP contribution in [0.1, 0.15) is 17.5 Å². The predicted octanol–water partition coefficient (Wildman–Crippen LogP) is 3.92. The highest BCUT2D eigenvalue weighted by molar-refractivity contribution is 6.02. The molecule has 0 unspecified atom stereocenters. The topological polar surface area (TPSA) is 89.2 Å². The van der Waals surface area contributed by atoms with Crippen molar-refractivity contribution in [2.75, 3.05) is 27.4 Å². The average Bonchev–Trinajstić information content (AvgIpc) is 3.24. The largest absolute Gasteiger partial charge is 0.496 e. The van der Waals surface area contributed by atoms with Crippen molar-refractivity contribution < 1.29 is 14.3 Å². The highest BCUT2D eigenvalue weighted by Gasteiger charge is 2.16. The lowest BCUT2D eigenvalue weighted by atomic mass is 10.0. The van der Waals surface area contributed by atoms with E-state index < -0.39 is 5.91 Å². The summed E-state index contributed by atoms with van der Waals surface area (Å²) < 4.78 is 12.1. The molecule has 0 atom stereocenters. The number of carbonyl (C=O) groups excluding carboxylic acids is 1. The number of carbonyl (C=O) groups is 1. The molecule has 0 aliphatic rings. The van der Waals surface area contributed by atoms with Gasteiger partial charge in [0.1, 0.15) is 23.1 Å². The minimum absolute atomic E-state index is 0.0153. The van der Waals surface area contributed by atoms with E-state index in [0.29, 0.717) is 30.8 Å². The smallest absolute Gasteiger partial charge is 0.261 e. The summed E-state index contributed by atoms with van der Waals surface area (Å²) in [6, 6.07) is 17.5. The van der Waals surface area contributed by atoms with Gasteiger partial charge in [-0.2, -0.15) is 10.4 Å². The standard InChI is InChI=1S/C25H26N4O3/c1-18-14-19(10-11-23(18)32-3)24-21(17-29(28-24)22-8-5-4-6-9-22)15-20(16-26)25(30)27-12-7-13-31-2/h4-6,8-11,14-15,17H,7,12-13H2,1-3H3,(H,27,30)/b20-15-. The van der Waals surface area contributed by atoms with Crippen LogP contribution in [0.5, 0.6) is 5.75 Å². The van der Waals surface area contributed by atoms with E-state index in [0.717, 1.165) is 22.6 Å². The molecule has 1 heterocycles. The summed E-state index contributed by atoms with van der Waals surface area (Å²) in [6.45, 7) is 2.93. The zero-order valence-corrected chi connectivity index (χ0v) is 18.5. The molecule has 3 aromatic rings. The molecule has 0 bridgehead atoms. The highest BCUT2D eigenvalue weighted by atomic mass is 16.5. The molecule has 1 N–H and O–H groups in total. The molecule has 0 saturated carbocycles. The lowest BCUT2D eigenvalue weighted by molar-refractivity contribution is -0.117. The molecule has 0 spiro atoms. The number of rotatable bonds is 9. The Morgan fingerprint density at radius 1 is 1.22 bits per heavy atom. The van der Waals surface area contributed by atoms with Gasteiger partial charge in [-0.25, -0.2) is 4.68 Å². The van der Waals surface area contributed by atoms with E-state index in [1.54, 1.807) is 25.0 Å². The minimum atomic E-state index is -0.423. The molecule has 0 aliphatic heterocycles. The fraction of sp³-hybridized carbons (Fsp3) is 0.240. The summed E-state index contributed by atoms with van der Waals surface area (Å²) in [7, 11) is 3.24. The number of nitrogens with zero attached hydrogens (tertiary/aromatic N) is 3. The summed E-state index contributed by atoms with van der Waals surface area (Å²) in [5.74, 6) is 0.356. The van der Waals surface area contributed by atoms with Crippen LogP contribution >= 0.6 is 0 Å². The lowest BCUT2D eigenvalue weighted by Crippen LogP contribution is -2.26. The van der Waals surface area contributed by atoms with Crippen LogP contribution in [-0.2, 0) is 9.53 Å². The Labute approximate surface area is 187 Å². The summed E-state index contributed by atoms with van der Waals surface area (Å²) in [5.41, 5.74) is 4.05. The number of para-hydroxylation sites is 1. The van der Waals surface area contributed by atoms with Gasteiger partial charge in [-0.15, -0.1) is 0 Å². The molecule has 0 aliphatic carbocycles. The third-order valence-corrected chi connectivity index (χ3v) is 4.91. The van der Waals surface area contributed by atoms with Gasteiger partial charge in [-0.3, -0.25) is 4.79 Å². The molecule has 164 valence electrons. The molecule has 7 heteroatoms. The van der Waals surface area contributed by atoms with Crippen LogP contribution in [0.4, 0.5) is 0 Å². The van der Waals surface area contributed by atoms with Crippen LogP contribution in [0.15, 0.2) is 60.3 Å². The summed E-state index contributed by atoms with van der Waals surface area (Å²) >= 11 is 0. The molecule has 2 aromatic carbocycles. The summed E-state index contributed by atoms with van der Waals surface area (Å²) in [6.07, 6.45) is 4.07. The molecular formula is C25H26N4O3. The zero-order valence-electron chi connectivity index (χ0n) is 18.5. The van der Waals surface area contributed by atoms with Crippen molar-refractivity contribution in [1.29, 1.82) is 5.26 Å². The van der Waals surface area contributed by atoms with Gasteiger partial charge in [-0.05, 0) is 55.3 Å². The minimum Gasteiger partial charge on any atom is -0.496 e. The molecule has 1 aromatic heterocycles. The van der Waals surface area contributed by atoms with Crippen molar-refractivity contribution in [3.8, 4) is 28.8 Å². The number of benzene rings is 2. The number of aromatic nitrogens is 2. The molecular weight excluding hydrogens is 404 g/mol. The maximum absolute atomic E-state index is 12.5. The van der Waals surface area contributed by atoms with Crippen molar-refractivity contribution in [3.63, 3.8) is 0 Å². The van der Waals surface area contributed by atoms with Crippen molar-refractivity contribution >= 4 is 12.0 Å². The van der Waals surface area contributed by atoms with Gasteiger partial charge in [0.25, 0.3) is 5.91 Å². The van der Waals surface area contributed by atoms with Gasteiger partial charge in [-0.1, -0.05) is 18.2 Å². The maximum Gasteiger partial charge on any atom is 0.261 e. The van der Waals surface area contributed by atoms with Crippen LogP contribution in [-0.4, -0.2) is 43.1 Å². The second kappa shape index (κ2) is 10.9. The number of amides is 1. The Hall–Kier alpha value is -3.89. The first-order valence-corrected chi connectivity index (χ1v) is 10.3. The van der Waals surface area contributed by atoms with Crippen LogP contribution in [0.3, 0.4) is 0 Å². The Kier molecular flexibility index (Phi) is 7.79. The summed E-state index contributed by atoms with van der Waals surface area (Å²) in [4.78, 5) is 12.5. The predicted molar refractivity (Wildman–Crippen MR) is 123 cm³/mol. The molecule has 7 nitrogen and oxygen atoms in total. The first-order valence-electron chi connectivity index (χ1n) is 10.3. The fourth-order valence-corrected chi connectivity index (χ4v) is 3.27. The number of ether oxygens (including phenoxy) is 2. The first kappa shape index (κ1) is 22.8. The van der Waals surface area contributed by atoms with Gasteiger partial charge >= 0.3 is 0 Å². The molecule has 0 fully saturated rings. The van der Waals surface area contributed by atoms with Crippen LogP contribution in [0, 0.1) is 18.3 Å². The van der Waals surface area contributed by atoms with E-state index in [4.69, 9.17) is 14.6 Å². The highest BCUT2D eigenvalue weighted by Crippen LogP contribution is 2.29. The van der Waals surface area contributed by atoms with Gasteiger partial charge in [0.05, 0.1) is 12.8 Å². The second-order valence-corrected chi connectivity index (χ2v) is 7.17. The molecule has 3 rings (SSSR count). The van der Waals surface area contributed by atoms with E-state index >= 15 is 0 Å². The van der Waals surface area contributed by atoms with Crippen molar-refractivity contribution in [2.24, 2.45) is 0 Å². The van der Waals surface area contributed by atoms with Crippen molar-refractivity contribution in [3.05, 3.63) is 71.4 Å². The zero-order chi connectivity index (χ0) is 22.9. The van der Waals surface area contributed by atoms with Gasteiger partial charge < -0.3 is 14.8 Å².